The molecule has 0 aliphatic rings. The van der Waals surface area contributed by atoms with Gasteiger partial charge in [-0.3, -0.25) is 4.31 Å². The molecule has 1 aromatic rings. The summed E-state index contributed by atoms with van der Waals surface area (Å²) >= 11 is 0. The molecule has 0 aliphatic carbocycles. The van der Waals surface area contributed by atoms with Crippen molar-refractivity contribution in [2.45, 2.75) is 19.9 Å². The number of hydrogen-bond acceptors (Lipinski definition) is 3. The van der Waals surface area contributed by atoms with Crippen LogP contribution in [-0.2, 0) is 16.6 Å². The Hall–Kier alpha value is -1.07. The molecule has 0 amide bonds. The van der Waals surface area contributed by atoms with E-state index in [1.54, 1.807) is 6.07 Å². The van der Waals surface area contributed by atoms with Gasteiger partial charge in [0.15, 0.2) is 0 Å². The minimum Gasteiger partial charge on any atom is -0.326 e. The number of nitrogens with two attached hydrogens (primary N) is 1. The molecule has 0 saturated heterocycles. The van der Waals surface area contributed by atoms with Crippen molar-refractivity contribution in [3.05, 3.63) is 29.8 Å². The maximum atomic E-state index is 11.7. The Morgan fingerprint density at radius 2 is 1.94 bits per heavy atom. The van der Waals surface area contributed by atoms with E-state index in [1.165, 1.54) is 10.6 Å². The summed E-state index contributed by atoms with van der Waals surface area (Å²) in [6.45, 7) is 2.77. The van der Waals surface area contributed by atoms with E-state index in [-0.39, 0.29) is 0 Å². The Morgan fingerprint density at radius 3 is 2.44 bits per heavy atom. The standard InChI is InChI=1S/C11H18N2O2S/c1-3-8-13(16(2,14)15)11-7-5-4-6-10(11)9-12/h4-7H,3,8-9,12H2,1-2H3. The molecule has 0 aromatic heterocycles. The molecule has 0 aliphatic heterocycles. The SMILES string of the molecule is CCCN(c1ccccc1CN)S(C)(=O)=O. The molecule has 2 N–H and O–H groups in total. The minimum absolute atomic E-state index is 0.339. The van der Waals surface area contributed by atoms with Crippen LogP contribution < -0.4 is 10.0 Å². The molecule has 1 aromatic carbocycles. The van der Waals surface area contributed by atoms with Crippen LogP contribution in [0.3, 0.4) is 0 Å². The average molecular weight is 242 g/mol. The van der Waals surface area contributed by atoms with Crippen molar-refractivity contribution in [3.63, 3.8) is 0 Å². The van der Waals surface area contributed by atoms with Gasteiger partial charge in [0, 0.05) is 13.1 Å². The van der Waals surface area contributed by atoms with Gasteiger partial charge in [0.2, 0.25) is 10.0 Å². The van der Waals surface area contributed by atoms with Crippen molar-refractivity contribution in [1.29, 1.82) is 0 Å². The Balaban J connectivity index is 3.21. The van der Waals surface area contributed by atoms with Gasteiger partial charge in [0.1, 0.15) is 0 Å². The molecular formula is C11H18N2O2S. The molecule has 1 rings (SSSR count). The van der Waals surface area contributed by atoms with E-state index in [4.69, 9.17) is 5.73 Å². The smallest absolute Gasteiger partial charge is 0.232 e. The number of rotatable bonds is 5. The Morgan fingerprint density at radius 1 is 1.31 bits per heavy atom. The van der Waals surface area contributed by atoms with Gasteiger partial charge in [-0.15, -0.1) is 0 Å². The lowest BCUT2D eigenvalue weighted by molar-refractivity contribution is 0.596. The monoisotopic (exact) mass is 242 g/mol. The number of benzene rings is 1. The highest BCUT2D eigenvalue weighted by molar-refractivity contribution is 7.92. The van der Waals surface area contributed by atoms with E-state index in [0.29, 0.717) is 18.8 Å². The van der Waals surface area contributed by atoms with Crippen LogP contribution in [0.5, 0.6) is 0 Å². The summed E-state index contributed by atoms with van der Waals surface area (Å²) in [5, 5.41) is 0. The van der Waals surface area contributed by atoms with Crippen LogP contribution in [0.4, 0.5) is 5.69 Å². The number of nitrogens with zero attached hydrogens (tertiary/aromatic N) is 1. The number of anilines is 1. The molecule has 0 bridgehead atoms. The number of para-hydroxylation sites is 1. The summed E-state index contributed by atoms with van der Waals surface area (Å²) in [4.78, 5) is 0. The Labute approximate surface area is 97.1 Å². The van der Waals surface area contributed by atoms with Crippen molar-refractivity contribution in [3.8, 4) is 0 Å². The van der Waals surface area contributed by atoms with Gasteiger partial charge in [-0.1, -0.05) is 25.1 Å². The van der Waals surface area contributed by atoms with Crippen molar-refractivity contribution in [2.75, 3.05) is 17.1 Å². The Bertz CT molecular complexity index is 443. The van der Waals surface area contributed by atoms with Crippen molar-refractivity contribution < 1.29 is 8.42 Å². The predicted octanol–water partition coefficient (Wildman–Crippen LogP) is 1.32. The molecule has 16 heavy (non-hydrogen) atoms. The molecule has 0 radical (unpaired) electrons. The first-order valence-corrected chi connectivity index (χ1v) is 7.11. The predicted molar refractivity (Wildman–Crippen MR) is 66.8 cm³/mol. The quantitative estimate of drug-likeness (QED) is 0.847. The molecule has 5 heteroatoms. The molecular weight excluding hydrogens is 224 g/mol. The first-order valence-electron chi connectivity index (χ1n) is 5.26. The molecule has 0 fully saturated rings. The third kappa shape index (κ3) is 2.96. The second-order valence-electron chi connectivity index (χ2n) is 3.67. The largest absolute Gasteiger partial charge is 0.326 e. The van der Waals surface area contributed by atoms with E-state index in [1.807, 2.05) is 25.1 Å². The maximum absolute atomic E-state index is 11.7. The topological polar surface area (TPSA) is 63.4 Å². The van der Waals surface area contributed by atoms with Gasteiger partial charge < -0.3 is 5.73 Å². The highest BCUT2D eigenvalue weighted by atomic mass is 32.2. The van der Waals surface area contributed by atoms with Crippen LogP contribution >= 0.6 is 0 Å². The molecule has 4 nitrogen and oxygen atoms in total. The molecule has 0 heterocycles. The zero-order chi connectivity index (χ0) is 12.2. The first-order chi connectivity index (χ1) is 7.50. The van der Waals surface area contributed by atoms with Crippen LogP contribution in [0.25, 0.3) is 0 Å². The third-order valence-corrected chi connectivity index (χ3v) is 3.49. The normalized spacial score (nSPS) is 11.4. The van der Waals surface area contributed by atoms with Crippen molar-refractivity contribution in [2.24, 2.45) is 5.73 Å². The molecule has 90 valence electrons. The summed E-state index contributed by atoms with van der Waals surface area (Å²) < 4.78 is 24.8. The lowest BCUT2D eigenvalue weighted by atomic mass is 10.2. The number of sulfonamides is 1. The van der Waals surface area contributed by atoms with Gasteiger partial charge in [0.25, 0.3) is 0 Å². The van der Waals surface area contributed by atoms with Crippen LogP contribution in [0.2, 0.25) is 0 Å². The summed E-state index contributed by atoms with van der Waals surface area (Å²) in [5.41, 5.74) is 7.14. The molecule has 0 atom stereocenters. The summed E-state index contributed by atoms with van der Waals surface area (Å²) in [6.07, 6.45) is 1.99. The second kappa shape index (κ2) is 5.32. The fourth-order valence-electron chi connectivity index (χ4n) is 1.59. The second-order valence-corrected chi connectivity index (χ2v) is 5.57. The van der Waals surface area contributed by atoms with E-state index in [0.717, 1.165) is 12.0 Å². The van der Waals surface area contributed by atoms with Crippen LogP contribution in [0.1, 0.15) is 18.9 Å². The lowest BCUT2D eigenvalue weighted by Crippen LogP contribution is -2.31. The molecule has 0 saturated carbocycles. The van der Waals surface area contributed by atoms with Gasteiger partial charge >= 0.3 is 0 Å². The maximum Gasteiger partial charge on any atom is 0.232 e. The van der Waals surface area contributed by atoms with E-state index in [9.17, 15) is 8.42 Å². The lowest BCUT2D eigenvalue weighted by Gasteiger charge is -2.24. The van der Waals surface area contributed by atoms with Gasteiger partial charge in [-0.2, -0.15) is 0 Å². The zero-order valence-corrected chi connectivity index (χ0v) is 10.5. The minimum atomic E-state index is -3.23. The summed E-state index contributed by atoms with van der Waals surface area (Å²) in [5.74, 6) is 0. The summed E-state index contributed by atoms with van der Waals surface area (Å²) in [6, 6.07) is 7.32. The Kier molecular flexibility index (Phi) is 4.32. The van der Waals surface area contributed by atoms with E-state index in [2.05, 4.69) is 0 Å². The highest BCUT2D eigenvalue weighted by Crippen LogP contribution is 2.22. The van der Waals surface area contributed by atoms with Crippen LogP contribution in [0, 0.1) is 0 Å². The van der Waals surface area contributed by atoms with Crippen molar-refractivity contribution in [1.82, 2.24) is 0 Å². The van der Waals surface area contributed by atoms with Crippen molar-refractivity contribution >= 4 is 15.7 Å². The van der Waals surface area contributed by atoms with Gasteiger partial charge in [0.05, 0.1) is 11.9 Å². The first kappa shape index (κ1) is 13.0. The zero-order valence-electron chi connectivity index (χ0n) is 9.68. The third-order valence-electron chi connectivity index (χ3n) is 2.31. The van der Waals surface area contributed by atoms with E-state index >= 15 is 0 Å². The van der Waals surface area contributed by atoms with Crippen LogP contribution in [0.15, 0.2) is 24.3 Å². The highest BCUT2D eigenvalue weighted by Gasteiger charge is 2.18. The van der Waals surface area contributed by atoms with Gasteiger partial charge in [-0.25, -0.2) is 8.42 Å². The number of hydrogen-bond donors (Lipinski definition) is 1. The van der Waals surface area contributed by atoms with E-state index < -0.39 is 10.0 Å². The summed E-state index contributed by atoms with van der Waals surface area (Å²) in [7, 11) is -3.23. The molecule has 0 unspecified atom stereocenters. The average Bonchev–Trinajstić information content (AvgIpc) is 2.24. The van der Waals surface area contributed by atoms with Gasteiger partial charge in [-0.05, 0) is 18.1 Å². The van der Waals surface area contributed by atoms with Crippen LogP contribution in [-0.4, -0.2) is 21.2 Å². The fraction of sp³-hybridized carbons (Fsp3) is 0.455. The fourth-order valence-corrected chi connectivity index (χ4v) is 2.64. The molecule has 0 spiro atoms.